The molecule has 6 nitrogen and oxygen atoms in total. The SMILES string of the molecule is FC(F)(F)COP1(F)=NP(F)(F)=NP(F)(F)=NP(F)(F)=NP(F)(F)=N1. The standard InChI is InChI=1S/C2H2F12N5OP5/c3-2(4,5)1-20-25(14)18-23(10,11)16-21(6,7)15-22(8,9)17-24(12,13)19-25/h1H2. The average Bonchev–Trinajstić information content (AvgIpc) is 2.15. The molecule has 1 atom stereocenters. The molecule has 0 aliphatic carbocycles. The summed E-state index contributed by atoms with van der Waals surface area (Å²) in [6, 6.07) is 0. The van der Waals surface area contributed by atoms with Crippen molar-refractivity contribution in [2.24, 2.45) is 22.6 Å². The van der Waals surface area contributed by atoms with Crippen molar-refractivity contribution in [1.82, 2.24) is 0 Å². The smallest absolute Gasteiger partial charge is 0.294 e. The van der Waals surface area contributed by atoms with Gasteiger partial charge in [-0.2, -0.15) is 17.4 Å². The van der Waals surface area contributed by atoms with E-state index in [0.717, 1.165) is 0 Å². The minimum atomic E-state index is -7.02. The van der Waals surface area contributed by atoms with Crippen LogP contribution in [0, 0.1) is 0 Å². The van der Waals surface area contributed by atoms with E-state index in [1.54, 1.807) is 0 Å². The molecular weight excluding hydrogens is 493 g/mol. The fourth-order valence-electron chi connectivity index (χ4n) is 0.950. The lowest BCUT2D eigenvalue weighted by molar-refractivity contribution is -0.153. The van der Waals surface area contributed by atoms with Gasteiger partial charge in [-0.1, -0.05) is 0 Å². The molecule has 0 amide bonds. The fourth-order valence-corrected chi connectivity index (χ4v) is 9.23. The summed E-state index contributed by atoms with van der Waals surface area (Å²) in [5.41, 5.74) is 0. The molecule has 0 aromatic carbocycles. The van der Waals surface area contributed by atoms with Gasteiger partial charge in [0.1, 0.15) is 0 Å². The van der Waals surface area contributed by atoms with E-state index in [2.05, 4.69) is 4.52 Å². The van der Waals surface area contributed by atoms with E-state index >= 15 is 0 Å². The van der Waals surface area contributed by atoms with E-state index < -0.39 is 51.8 Å². The molecule has 150 valence electrons. The Hall–Kier alpha value is 0.270. The minimum Gasteiger partial charge on any atom is -0.294 e. The lowest BCUT2D eigenvalue weighted by Gasteiger charge is -2.15. The maximum Gasteiger partial charge on any atom is 0.425 e. The first-order chi connectivity index (χ1) is 10.7. The van der Waals surface area contributed by atoms with Gasteiger partial charge < -0.3 is 0 Å². The predicted octanol–water partition coefficient (Wildman–Crippen LogP) is 10.0. The summed E-state index contributed by atoms with van der Waals surface area (Å²) in [7, 11) is -34.7. The summed E-state index contributed by atoms with van der Waals surface area (Å²) >= 11 is 0. The third kappa shape index (κ3) is 8.67. The first-order valence-electron chi connectivity index (χ1n) is 4.91. The highest BCUT2D eigenvalue weighted by Crippen LogP contribution is 2.82. The zero-order valence-corrected chi connectivity index (χ0v) is 15.1. The van der Waals surface area contributed by atoms with E-state index in [9.17, 15) is 50.9 Å². The number of hydrogen-bond donors (Lipinski definition) is 0. The van der Waals surface area contributed by atoms with Crippen molar-refractivity contribution in [3.8, 4) is 0 Å². The van der Waals surface area contributed by atoms with Crippen molar-refractivity contribution in [1.29, 1.82) is 0 Å². The molecule has 0 bridgehead atoms. The van der Waals surface area contributed by atoms with Crippen molar-refractivity contribution in [2.45, 2.75) is 6.18 Å². The average molecular weight is 495 g/mol. The summed E-state index contributed by atoms with van der Waals surface area (Å²) in [5, 5.41) is 0. The molecule has 1 aliphatic rings. The summed E-state index contributed by atoms with van der Waals surface area (Å²) in [6.45, 7) is -2.77. The van der Waals surface area contributed by atoms with Crippen LogP contribution in [0.2, 0.25) is 0 Å². The Bertz CT molecular complexity index is 793. The number of rotatable bonds is 2. The van der Waals surface area contributed by atoms with Crippen LogP contribution < -0.4 is 0 Å². The lowest BCUT2D eigenvalue weighted by Crippen LogP contribution is -2.15. The van der Waals surface area contributed by atoms with Gasteiger partial charge in [0.2, 0.25) is 0 Å². The van der Waals surface area contributed by atoms with E-state index in [4.69, 9.17) is 0 Å². The van der Waals surface area contributed by atoms with E-state index in [0.29, 0.717) is 0 Å². The first kappa shape index (κ1) is 23.3. The number of halogens is 12. The molecule has 0 spiro atoms. The second-order valence-electron chi connectivity index (χ2n) is 3.63. The van der Waals surface area contributed by atoms with E-state index in [-0.39, 0.29) is 0 Å². The van der Waals surface area contributed by atoms with Crippen LogP contribution in [0.1, 0.15) is 0 Å². The summed E-state index contributed by atoms with van der Waals surface area (Å²) in [5.74, 6) is 0. The molecular formula is C2H2F12N5OP5. The van der Waals surface area contributed by atoms with Crippen LogP contribution in [-0.4, -0.2) is 12.8 Å². The van der Waals surface area contributed by atoms with Crippen LogP contribution in [0.5, 0.6) is 0 Å². The fraction of sp³-hybridized carbons (Fsp3) is 1.00. The molecule has 1 rings (SSSR count). The molecule has 0 saturated heterocycles. The van der Waals surface area contributed by atoms with Crippen molar-refractivity contribution in [3.63, 3.8) is 0 Å². The Morgan fingerprint density at radius 1 is 0.560 bits per heavy atom. The van der Waals surface area contributed by atoms with Crippen molar-refractivity contribution < 1.29 is 55.5 Å². The van der Waals surface area contributed by atoms with Crippen molar-refractivity contribution in [2.75, 3.05) is 6.61 Å². The van der Waals surface area contributed by atoms with Gasteiger partial charge in [0.25, 0.3) is 0 Å². The first-order valence-corrected chi connectivity index (χ1v) is 12.3. The van der Waals surface area contributed by atoms with Crippen LogP contribution in [0.25, 0.3) is 0 Å². The van der Waals surface area contributed by atoms with Gasteiger partial charge >= 0.3 is 45.2 Å². The van der Waals surface area contributed by atoms with E-state index in [1.165, 1.54) is 22.6 Å². The molecule has 0 fully saturated rings. The quantitative estimate of drug-likeness (QED) is 0.278. The van der Waals surface area contributed by atoms with Crippen molar-refractivity contribution in [3.05, 3.63) is 0 Å². The number of hydrogen-bond acceptors (Lipinski definition) is 6. The molecule has 1 unspecified atom stereocenters. The molecule has 0 N–H and O–H groups in total. The van der Waals surface area contributed by atoms with Gasteiger partial charge in [0.05, 0.1) is 0 Å². The summed E-state index contributed by atoms with van der Waals surface area (Å²) in [4.78, 5) is 0. The molecule has 23 heteroatoms. The highest BCUT2D eigenvalue weighted by molar-refractivity contribution is 7.78. The van der Waals surface area contributed by atoms with Crippen LogP contribution in [-0.2, 0) is 4.52 Å². The van der Waals surface area contributed by atoms with Crippen LogP contribution >= 0.6 is 39.0 Å². The van der Waals surface area contributed by atoms with Gasteiger partial charge in [0, 0.05) is 0 Å². The molecule has 0 aromatic heterocycles. The van der Waals surface area contributed by atoms with Gasteiger partial charge in [-0.15, -0.1) is 56.2 Å². The van der Waals surface area contributed by atoms with Gasteiger partial charge in [-0.25, -0.2) is 0 Å². The summed E-state index contributed by atoms with van der Waals surface area (Å²) in [6.07, 6.45) is -5.45. The van der Waals surface area contributed by atoms with Crippen LogP contribution in [0.4, 0.5) is 50.9 Å². The molecule has 0 aromatic rings. The Morgan fingerprint density at radius 3 is 1.24 bits per heavy atom. The topological polar surface area (TPSA) is 71.0 Å². The van der Waals surface area contributed by atoms with Crippen molar-refractivity contribution >= 4 is 39.0 Å². The maximum absolute atomic E-state index is 13.9. The normalized spacial score (nSPS) is 30.6. The Kier molecular flexibility index (Phi) is 6.54. The second kappa shape index (κ2) is 7.02. The van der Waals surface area contributed by atoms with E-state index in [1.807, 2.05) is 0 Å². The molecule has 0 saturated carbocycles. The largest absolute Gasteiger partial charge is 0.425 e. The lowest BCUT2D eigenvalue weighted by atomic mass is 10.7. The summed E-state index contributed by atoms with van der Waals surface area (Å²) < 4.78 is 164. The zero-order chi connectivity index (χ0) is 19.9. The molecule has 1 heterocycles. The monoisotopic (exact) mass is 495 g/mol. The number of alkyl halides is 3. The zero-order valence-electron chi connectivity index (χ0n) is 10.6. The Morgan fingerprint density at radius 2 is 0.880 bits per heavy atom. The Labute approximate surface area is 131 Å². The minimum absolute atomic E-state index is 1.19. The number of nitrogens with zero attached hydrogens (tertiary/aromatic N) is 5. The third-order valence-electron chi connectivity index (χ3n) is 1.47. The molecule has 0 radical (unpaired) electrons. The van der Waals surface area contributed by atoms with Crippen LogP contribution in [0.3, 0.4) is 0 Å². The van der Waals surface area contributed by atoms with Gasteiger partial charge in [-0.3, -0.25) is 4.52 Å². The highest BCUT2D eigenvalue weighted by atomic mass is 31.3. The van der Waals surface area contributed by atoms with Gasteiger partial charge in [0.15, 0.2) is 6.61 Å². The molecule has 25 heavy (non-hydrogen) atoms. The third-order valence-corrected chi connectivity index (χ3v) is 10.6. The predicted molar refractivity (Wildman–Crippen MR) is 68.7 cm³/mol. The molecule has 1 aliphatic heterocycles. The second-order valence-corrected chi connectivity index (χ2v) is 12.1. The van der Waals surface area contributed by atoms with Gasteiger partial charge in [-0.05, 0) is 0 Å². The maximum atomic E-state index is 13.9. The van der Waals surface area contributed by atoms with Crippen LogP contribution in [0.15, 0.2) is 22.6 Å². The Balaban J connectivity index is 3.82. The highest BCUT2D eigenvalue weighted by Gasteiger charge is 2.42.